The maximum Gasteiger partial charge on any atom is 0.213 e. The Morgan fingerprint density at radius 3 is 2.59 bits per heavy atom. The molecule has 1 saturated carbocycles. The van der Waals surface area contributed by atoms with Gasteiger partial charge in [-0.15, -0.1) is 0 Å². The second-order valence-electron chi connectivity index (χ2n) is 6.71. The highest BCUT2D eigenvalue weighted by Crippen LogP contribution is 2.51. The highest BCUT2D eigenvalue weighted by Gasteiger charge is 2.50. The smallest absolute Gasteiger partial charge is 0.213 e. The van der Waals surface area contributed by atoms with Crippen molar-refractivity contribution in [3.63, 3.8) is 0 Å². The first-order valence-electron chi connectivity index (χ1n) is 8.17. The summed E-state index contributed by atoms with van der Waals surface area (Å²) in [6.45, 7) is 3.92. The molecule has 0 unspecified atom stereocenters. The number of furan rings is 1. The topological polar surface area (TPSA) is 53.8 Å². The van der Waals surface area contributed by atoms with E-state index >= 15 is 0 Å². The largest absolute Gasteiger partial charge is 0.468 e. The molecule has 1 aliphatic heterocycles. The zero-order valence-electron chi connectivity index (χ0n) is 13.5. The molecule has 1 aromatic rings. The van der Waals surface area contributed by atoms with Gasteiger partial charge in [0.05, 0.1) is 18.6 Å². The Kier molecular flexibility index (Phi) is 4.36. The average molecular weight is 326 g/mol. The van der Waals surface area contributed by atoms with Crippen molar-refractivity contribution < 1.29 is 12.8 Å². The van der Waals surface area contributed by atoms with Crippen LogP contribution in [0.5, 0.6) is 0 Å². The second kappa shape index (κ2) is 5.98. The van der Waals surface area contributed by atoms with Crippen LogP contribution in [0.3, 0.4) is 0 Å². The predicted octanol–water partition coefficient (Wildman–Crippen LogP) is 2.31. The van der Waals surface area contributed by atoms with Gasteiger partial charge in [0.1, 0.15) is 5.76 Å². The summed E-state index contributed by atoms with van der Waals surface area (Å²) in [7, 11) is -0.874. The maximum atomic E-state index is 12.0. The Balaban J connectivity index is 1.61. The third-order valence-corrected chi connectivity index (χ3v) is 7.50. The minimum Gasteiger partial charge on any atom is -0.468 e. The zero-order chi connectivity index (χ0) is 15.8. The van der Waals surface area contributed by atoms with Gasteiger partial charge in [0.2, 0.25) is 10.0 Å². The van der Waals surface area contributed by atoms with Crippen molar-refractivity contribution in [2.45, 2.75) is 45.2 Å². The Bertz CT molecular complexity index is 589. The number of rotatable bonds is 5. The van der Waals surface area contributed by atoms with Crippen molar-refractivity contribution in [2.24, 2.45) is 5.41 Å². The number of hydrogen-bond acceptors (Lipinski definition) is 4. The molecule has 1 spiro atoms. The Morgan fingerprint density at radius 2 is 2.09 bits per heavy atom. The normalized spacial score (nSPS) is 25.5. The predicted molar refractivity (Wildman–Crippen MR) is 85.9 cm³/mol. The van der Waals surface area contributed by atoms with E-state index < -0.39 is 10.0 Å². The first-order valence-corrected chi connectivity index (χ1v) is 9.78. The molecular formula is C16H26N2O3S. The van der Waals surface area contributed by atoms with Gasteiger partial charge in [0.25, 0.3) is 0 Å². The molecule has 5 nitrogen and oxygen atoms in total. The molecule has 22 heavy (non-hydrogen) atoms. The SMILES string of the molecule is CCS(=O)(=O)N1CCC2(CC[C@@H]2N(C)Cc2ccco2)CC1. The molecule has 1 aromatic heterocycles. The van der Waals surface area contributed by atoms with Crippen LogP contribution in [0, 0.1) is 5.41 Å². The number of hydrogen-bond donors (Lipinski definition) is 0. The summed E-state index contributed by atoms with van der Waals surface area (Å²) in [5.74, 6) is 1.21. The van der Waals surface area contributed by atoms with Gasteiger partial charge >= 0.3 is 0 Å². The number of piperidine rings is 1. The van der Waals surface area contributed by atoms with Crippen molar-refractivity contribution in [1.82, 2.24) is 9.21 Å². The van der Waals surface area contributed by atoms with Gasteiger partial charge in [-0.2, -0.15) is 0 Å². The van der Waals surface area contributed by atoms with Crippen LogP contribution in [-0.2, 0) is 16.6 Å². The Morgan fingerprint density at radius 1 is 1.36 bits per heavy atom. The fourth-order valence-electron chi connectivity index (χ4n) is 4.10. The molecule has 3 rings (SSSR count). The van der Waals surface area contributed by atoms with Gasteiger partial charge < -0.3 is 4.42 Å². The molecular weight excluding hydrogens is 300 g/mol. The van der Waals surface area contributed by atoms with E-state index in [0.29, 0.717) is 24.5 Å². The van der Waals surface area contributed by atoms with E-state index in [9.17, 15) is 8.42 Å². The van der Waals surface area contributed by atoms with Crippen molar-refractivity contribution in [3.8, 4) is 0 Å². The highest BCUT2D eigenvalue weighted by atomic mass is 32.2. The molecule has 0 aromatic carbocycles. The summed E-state index contributed by atoms with van der Waals surface area (Å²) in [6, 6.07) is 4.48. The Hall–Kier alpha value is -0.850. The molecule has 2 aliphatic rings. The van der Waals surface area contributed by atoms with Crippen LogP contribution < -0.4 is 0 Å². The molecule has 0 radical (unpaired) electrons. The summed E-state index contributed by atoms with van der Waals surface area (Å²) in [4.78, 5) is 2.38. The van der Waals surface area contributed by atoms with Crippen LogP contribution in [-0.4, -0.2) is 49.6 Å². The van der Waals surface area contributed by atoms with Gasteiger partial charge in [-0.1, -0.05) is 0 Å². The van der Waals surface area contributed by atoms with E-state index in [4.69, 9.17) is 4.42 Å². The molecule has 0 N–H and O–H groups in total. The minimum atomic E-state index is -3.03. The summed E-state index contributed by atoms with van der Waals surface area (Å²) in [5.41, 5.74) is 0.307. The van der Waals surface area contributed by atoms with Gasteiger partial charge in [0, 0.05) is 19.1 Å². The lowest BCUT2D eigenvalue weighted by Crippen LogP contribution is -2.58. The van der Waals surface area contributed by atoms with Crippen molar-refractivity contribution >= 4 is 10.0 Å². The molecule has 1 aliphatic carbocycles. The molecule has 0 amide bonds. The van der Waals surface area contributed by atoms with Crippen LogP contribution in [0.4, 0.5) is 0 Å². The van der Waals surface area contributed by atoms with E-state index in [1.807, 2.05) is 12.1 Å². The molecule has 0 bridgehead atoms. The number of nitrogens with zero attached hydrogens (tertiary/aromatic N) is 2. The van der Waals surface area contributed by atoms with E-state index in [0.717, 1.165) is 25.1 Å². The first kappa shape index (κ1) is 16.0. The third-order valence-electron chi connectivity index (χ3n) is 5.62. The quantitative estimate of drug-likeness (QED) is 0.833. The molecule has 2 heterocycles. The van der Waals surface area contributed by atoms with Gasteiger partial charge in [0.15, 0.2) is 0 Å². The van der Waals surface area contributed by atoms with E-state index in [-0.39, 0.29) is 5.75 Å². The first-order chi connectivity index (χ1) is 10.5. The van der Waals surface area contributed by atoms with Gasteiger partial charge in [-0.25, -0.2) is 12.7 Å². The van der Waals surface area contributed by atoms with Gasteiger partial charge in [-0.3, -0.25) is 4.90 Å². The number of sulfonamides is 1. The molecule has 1 saturated heterocycles. The van der Waals surface area contributed by atoms with Crippen molar-refractivity contribution in [1.29, 1.82) is 0 Å². The van der Waals surface area contributed by atoms with Crippen LogP contribution >= 0.6 is 0 Å². The lowest BCUT2D eigenvalue weighted by Gasteiger charge is -2.56. The highest BCUT2D eigenvalue weighted by molar-refractivity contribution is 7.89. The van der Waals surface area contributed by atoms with Crippen LogP contribution in [0.2, 0.25) is 0 Å². The lowest BCUT2D eigenvalue weighted by molar-refractivity contribution is -0.0528. The fourth-order valence-corrected chi connectivity index (χ4v) is 5.21. The van der Waals surface area contributed by atoms with Crippen LogP contribution in [0.25, 0.3) is 0 Å². The van der Waals surface area contributed by atoms with E-state index in [1.165, 1.54) is 12.8 Å². The van der Waals surface area contributed by atoms with Crippen molar-refractivity contribution in [2.75, 3.05) is 25.9 Å². The van der Waals surface area contributed by atoms with Crippen molar-refractivity contribution in [3.05, 3.63) is 24.2 Å². The molecule has 6 heteroatoms. The summed E-state index contributed by atoms with van der Waals surface area (Å²) >= 11 is 0. The zero-order valence-corrected chi connectivity index (χ0v) is 14.3. The fraction of sp³-hybridized carbons (Fsp3) is 0.750. The average Bonchev–Trinajstić information content (AvgIpc) is 2.99. The van der Waals surface area contributed by atoms with E-state index in [2.05, 4.69) is 11.9 Å². The summed E-state index contributed by atoms with van der Waals surface area (Å²) in [5, 5.41) is 0. The molecule has 124 valence electrons. The monoisotopic (exact) mass is 326 g/mol. The summed E-state index contributed by atoms with van der Waals surface area (Å²) in [6.07, 6.45) is 6.12. The molecule has 1 atom stereocenters. The van der Waals surface area contributed by atoms with Crippen LogP contribution in [0.1, 0.15) is 38.4 Å². The summed E-state index contributed by atoms with van der Waals surface area (Å²) < 4.78 is 31.1. The molecule has 2 fully saturated rings. The standard InChI is InChI=1S/C16H26N2O3S/c1-3-22(19,20)18-10-8-16(9-11-18)7-6-15(16)17(2)13-14-5-4-12-21-14/h4-5,12,15H,3,6-11,13H2,1-2H3/t15-/m0/s1. The Labute approximate surface area is 133 Å². The van der Waals surface area contributed by atoms with Gasteiger partial charge in [-0.05, 0) is 57.2 Å². The van der Waals surface area contributed by atoms with Crippen LogP contribution in [0.15, 0.2) is 22.8 Å². The maximum absolute atomic E-state index is 12.0. The lowest BCUT2D eigenvalue weighted by atomic mass is 9.59. The third kappa shape index (κ3) is 2.84. The minimum absolute atomic E-state index is 0.210. The van der Waals surface area contributed by atoms with E-state index in [1.54, 1.807) is 17.5 Å². The second-order valence-corrected chi connectivity index (χ2v) is 8.97.